The molecule has 10 heteroatoms. The minimum atomic E-state index is -4.35. The minimum absolute atomic E-state index is 0.0499. The van der Waals surface area contributed by atoms with Crippen molar-refractivity contribution in [3.05, 3.63) is 47.5 Å². The van der Waals surface area contributed by atoms with Crippen LogP contribution in [0.4, 0.5) is 14.5 Å². The van der Waals surface area contributed by atoms with Gasteiger partial charge in [0.1, 0.15) is 30.4 Å². The van der Waals surface area contributed by atoms with E-state index >= 15 is 0 Å². The Morgan fingerprint density at radius 2 is 1.84 bits per heavy atom. The number of nitrogens with one attached hydrogen (secondary N) is 1. The molecule has 0 saturated heterocycles. The van der Waals surface area contributed by atoms with Gasteiger partial charge in [-0.15, -0.1) is 0 Å². The van der Waals surface area contributed by atoms with Crippen LogP contribution in [0, 0.1) is 11.6 Å². The number of carboxylic acid groups (broad SMARTS) is 1. The number of halogens is 2. The number of aromatic carboxylic acids is 1. The van der Waals surface area contributed by atoms with Crippen LogP contribution in [0.15, 0.2) is 35.2 Å². The van der Waals surface area contributed by atoms with Gasteiger partial charge in [-0.1, -0.05) is 0 Å². The Morgan fingerprint density at radius 3 is 2.52 bits per heavy atom. The fourth-order valence-electron chi connectivity index (χ4n) is 2.22. The summed E-state index contributed by atoms with van der Waals surface area (Å²) in [6.07, 6.45) is 0. The van der Waals surface area contributed by atoms with Gasteiger partial charge >= 0.3 is 5.97 Å². The first kappa shape index (κ1) is 17.0. The standard InChI is InChI=1S/C15H11F2NO6S/c16-8-1-2-12(11(17)5-8)18-25(21,22)9-6-10(15(19)20)14-13(7-9)23-3-4-24-14/h1-2,5-7,18H,3-4H2,(H,19,20). The van der Waals surface area contributed by atoms with Crippen LogP contribution in [0.2, 0.25) is 0 Å². The van der Waals surface area contributed by atoms with Gasteiger partial charge in [-0.25, -0.2) is 22.0 Å². The number of carbonyl (C=O) groups is 1. The van der Waals surface area contributed by atoms with Crippen molar-refractivity contribution in [2.24, 2.45) is 0 Å². The van der Waals surface area contributed by atoms with Gasteiger partial charge in [-0.3, -0.25) is 4.72 Å². The van der Waals surface area contributed by atoms with Gasteiger partial charge in [0.25, 0.3) is 10.0 Å². The molecule has 25 heavy (non-hydrogen) atoms. The lowest BCUT2D eigenvalue weighted by molar-refractivity contribution is 0.0685. The molecule has 2 aromatic rings. The molecule has 0 radical (unpaired) electrons. The van der Waals surface area contributed by atoms with E-state index in [4.69, 9.17) is 9.47 Å². The zero-order valence-corrected chi connectivity index (χ0v) is 13.3. The van der Waals surface area contributed by atoms with Crippen LogP contribution >= 0.6 is 0 Å². The molecule has 1 aliphatic rings. The summed E-state index contributed by atoms with van der Waals surface area (Å²) in [6, 6.07) is 4.26. The number of benzene rings is 2. The molecular weight excluding hydrogens is 360 g/mol. The monoisotopic (exact) mass is 371 g/mol. The van der Waals surface area contributed by atoms with Gasteiger partial charge < -0.3 is 14.6 Å². The quantitative estimate of drug-likeness (QED) is 0.855. The van der Waals surface area contributed by atoms with E-state index in [9.17, 15) is 27.1 Å². The van der Waals surface area contributed by atoms with E-state index in [-0.39, 0.29) is 24.7 Å². The number of ether oxygens (including phenoxy) is 2. The molecule has 2 aromatic carbocycles. The average molecular weight is 371 g/mol. The molecule has 1 aliphatic heterocycles. The van der Waals surface area contributed by atoms with Crippen LogP contribution in [-0.2, 0) is 10.0 Å². The zero-order valence-electron chi connectivity index (χ0n) is 12.5. The Hall–Kier alpha value is -2.88. The molecule has 0 amide bonds. The highest BCUT2D eigenvalue weighted by Crippen LogP contribution is 2.37. The summed E-state index contributed by atoms with van der Waals surface area (Å²) in [4.78, 5) is 10.9. The van der Waals surface area contributed by atoms with Crippen molar-refractivity contribution in [3.63, 3.8) is 0 Å². The molecule has 132 valence electrons. The number of rotatable bonds is 4. The Labute approximate surface area is 140 Å². The van der Waals surface area contributed by atoms with E-state index in [1.165, 1.54) is 0 Å². The highest BCUT2D eigenvalue weighted by molar-refractivity contribution is 7.92. The van der Waals surface area contributed by atoms with Crippen LogP contribution in [0.1, 0.15) is 10.4 Å². The zero-order chi connectivity index (χ0) is 18.2. The third kappa shape index (κ3) is 3.33. The second-order valence-corrected chi connectivity index (χ2v) is 6.71. The summed E-state index contributed by atoms with van der Waals surface area (Å²) >= 11 is 0. The van der Waals surface area contributed by atoms with Crippen molar-refractivity contribution < 1.29 is 36.6 Å². The molecule has 0 saturated carbocycles. The highest BCUT2D eigenvalue weighted by atomic mass is 32.2. The van der Waals surface area contributed by atoms with Gasteiger partial charge in [-0.2, -0.15) is 0 Å². The Morgan fingerprint density at radius 1 is 1.12 bits per heavy atom. The molecule has 2 N–H and O–H groups in total. The maximum Gasteiger partial charge on any atom is 0.339 e. The minimum Gasteiger partial charge on any atom is -0.486 e. The van der Waals surface area contributed by atoms with Gasteiger partial charge in [-0.05, 0) is 18.2 Å². The van der Waals surface area contributed by atoms with Crippen molar-refractivity contribution in [1.82, 2.24) is 0 Å². The molecule has 0 atom stereocenters. The lowest BCUT2D eigenvalue weighted by atomic mass is 10.2. The number of sulfonamides is 1. The van der Waals surface area contributed by atoms with Crippen molar-refractivity contribution >= 4 is 21.7 Å². The first-order valence-corrected chi connectivity index (χ1v) is 8.41. The van der Waals surface area contributed by atoms with Crippen molar-refractivity contribution in [2.75, 3.05) is 17.9 Å². The molecule has 0 fully saturated rings. The van der Waals surface area contributed by atoms with Gasteiger partial charge in [0.2, 0.25) is 0 Å². The Balaban J connectivity index is 2.05. The van der Waals surface area contributed by atoms with Gasteiger partial charge in [0.05, 0.1) is 10.6 Å². The lowest BCUT2D eigenvalue weighted by Gasteiger charge is -2.21. The number of anilines is 1. The predicted molar refractivity (Wildman–Crippen MR) is 81.6 cm³/mol. The third-order valence-electron chi connectivity index (χ3n) is 3.33. The molecule has 1 heterocycles. The topological polar surface area (TPSA) is 102 Å². The van der Waals surface area contributed by atoms with E-state index in [1.807, 2.05) is 4.72 Å². The second-order valence-electron chi connectivity index (χ2n) is 5.03. The van der Waals surface area contributed by atoms with Crippen LogP contribution < -0.4 is 14.2 Å². The molecule has 0 bridgehead atoms. The van der Waals surface area contributed by atoms with Crippen LogP contribution in [0.5, 0.6) is 11.5 Å². The van der Waals surface area contributed by atoms with Gasteiger partial charge in [0.15, 0.2) is 11.5 Å². The van der Waals surface area contributed by atoms with E-state index in [1.54, 1.807) is 0 Å². The first-order valence-electron chi connectivity index (χ1n) is 6.93. The van der Waals surface area contributed by atoms with Crippen LogP contribution in [-0.4, -0.2) is 32.7 Å². The van der Waals surface area contributed by atoms with Crippen LogP contribution in [0.25, 0.3) is 0 Å². The van der Waals surface area contributed by atoms with E-state index in [2.05, 4.69) is 0 Å². The number of hydrogen-bond acceptors (Lipinski definition) is 5. The summed E-state index contributed by atoms with van der Waals surface area (Å²) in [5.41, 5.74) is -0.884. The summed E-state index contributed by atoms with van der Waals surface area (Å²) in [5.74, 6) is -3.52. The van der Waals surface area contributed by atoms with E-state index in [0.29, 0.717) is 6.07 Å². The van der Waals surface area contributed by atoms with Crippen molar-refractivity contribution in [3.8, 4) is 11.5 Å². The summed E-state index contributed by atoms with van der Waals surface area (Å²) in [7, 11) is -4.35. The molecule has 7 nitrogen and oxygen atoms in total. The normalized spacial score (nSPS) is 13.4. The molecule has 0 unspecified atom stereocenters. The van der Waals surface area contributed by atoms with Crippen molar-refractivity contribution in [2.45, 2.75) is 4.90 Å². The second kappa shape index (κ2) is 6.20. The molecule has 0 aliphatic carbocycles. The smallest absolute Gasteiger partial charge is 0.339 e. The third-order valence-corrected chi connectivity index (χ3v) is 4.68. The predicted octanol–water partition coefficient (Wildman–Crippen LogP) is 2.24. The van der Waals surface area contributed by atoms with Crippen LogP contribution in [0.3, 0.4) is 0 Å². The van der Waals surface area contributed by atoms with E-state index in [0.717, 1.165) is 24.3 Å². The number of hydrogen-bond donors (Lipinski definition) is 2. The fraction of sp³-hybridized carbons (Fsp3) is 0.133. The SMILES string of the molecule is O=C(O)c1cc(S(=O)(=O)Nc2ccc(F)cc2F)cc2c1OCCO2. The maximum absolute atomic E-state index is 13.7. The Kier molecular flexibility index (Phi) is 4.21. The summed E-state index contributed by atoms with van der Waals surface area (Å²) < 4.78 is 63.9. The first-order chi connectivity index (χ1) is 11.8. The molecular formula is C15H11F2NO6S. The summed E-state index contributed by atoms with van der Waals surface area (Å²) in [6.45, 7) is 0.244. The average Bonchev–Trinajstić information content (AvgIpc) is 2.56. The van der Waals surface area contributed by atoms with E-state index < -0.39 is 43.8 Å². The largest absolute Gasteiger partial charge is 0.486 e. The molecule has 3 rings (SSSR count). The maximum atomic E-state index is 13.7. The summed E-state index contributed by atoms with van der Waals surface area (Å²) in [5, 5.41) is 9.24. The number of fused-ring (bicyclic) bond motifs is 1. The Bertz CT molecular complexity index is 961. The lowest BCUT2D eigenvalue weighted by Crippen LogP contribution is -2.20. The number of carboxylic acids is 1. The van der Waals surface area contributed by atoms with Crippen molar-refractivity contribution in [1.29, 1.82) is 0 Å². The highest BCUT2D eigenvalue weighted by Gasteiger charge is 2.26. The molecule has 0 aromatic heterocycles. The van der Waals surface area contributed by atoms with Gasteiger partial charge in [0, 0.05) is 12.1 Å². The fourth-order valence-corrected chi connectivity index (χ4v) is 3.33. The molecule has 0 spiro atoms.